The fourth-order valence-electron chi connectivity index (χ4n) is 2.52. The van der Waals surface area contributed by atoms with Crippen LogP contribution in [0.2, 0.25) is 0 Å². The van der Waals surface area contributed by atoms with Gasteiger partial charge in [-0.2, -0.15) is 10.2 Å². The number of para-hydroxylation sites is 1. The van der Waals surface area contributed by atoms with Crippen molar-refractivity contribution in [3.05, 3.63) is 54.5 Å². The van der Waals surface area contributed by atoms with Gasteiger partial charge in [-0.1, -0.05) is 42.2 Å². The molecule has 0 aliphatic carbocycles. The maximum atomic E-state index is 12.5. The van der Waals surface area contributed by atoms with Crippen molar-refractivity contribution < 1.29 is 14.4 Å². The molecule has 1 saturated heterocycles. The first-order chi connectivity index (χ1) is 12.4. The van der Waals surface area contributed by atoms with Crippen LogP contribution >= 0.6 is 24.0 Å². The minimum absolute atomic E-state index is 0.453. The van der Waals surface area contributed by atoms with Crippen molar-refractivity contribution in [1.82, 2.24) is 10.1 Å². The number of nitrogens with one attached hydrogen (secondary N) is 1. The highest BCUT2D eigenvalue weighted by molar-refractivity contribution is 8.24. The van der Waals surface area contributed by atoms with Gasteiger partial charge in [-0.05, 0) is 38.1 Å². The molecule has 0 radical (unpaired) electrons. The SMILES string of the molecule is CC1(C)SC(=S)N(N=Cc2ccco2)[C@@H]1N(O)C(=O)Nc1ccccc1. The standard InChI is InChI=1S/C17H18N4O3S2/c1-17(2)14(21(23)15(22)19-12-7-4-3-5-8-12)20(16(25)26-17)18-11-13-9-6-10-24-13/h3-11,14,23H,1-2H3,(H,19,22)/t14-/m1/s1. The monoisotopic (exact) mass is 390 g/mol. The molecular formula is C17H18N4O3S2. The van der Waals surface area contributed by atoms with Gasteiger partial charge in [0.05, 0.1) is 17.2 Å². The summed E-state index contributed by atoms with van der Waals surface area (Å²) in [5, 5.41) is 19.6. The number of amides is 2. The zero-order valence-electron chi connectivity index (χ0n) is 14.2. The second-order valence-corrected chi connectivity index (χ2v) is 8.38. The Morgan fingerprint density at radius 1 is 1.38 bits per heavy atom. The van der Waals surface area contributed by atoms with Crippen molar-refractivity contribution in [3.63, 3.8) is 0 Å². The van der Waals surface area contributed by atoms with Crippen LogP contribution in [0, 0.1) is 0 Å². The van der Waals surface area contributed by atoms with Gasteiger partial charge >= 0.3 is 6.03 Å². The van der Waals surface area contributed by atoms with Gasteiger partial charge in [0.15, 0.2) is 10.5 Å². The molecule has 0 saturated carbocycles. The minimum Gasteiger partial charge on any atom is -0.463 e. The fraction of sp³-hybridized carbons (Fsp3) is 0.235. The molecule has 26 heavy (non-hydrogen) atoms. The summed E-state index contributed by atoms with van der Waals surface area (Å²) in [5.41, 5.74) is 0.577. The number of carbonyl (C=O) groups excluding carboxylic acids is 1. The van der Waals surface area contributed by atoms with Crippen LogP contribution in [0.5, 0.6) is 0 Å². The third kappa shape index (κ3) is 3.90. The summed E-state index contributed by atoms with van der Waals surface area (Å²) in [7, 11) is 0. The van der Waals surface area contributed by atoms with Crippen LogP contribution in [0.15, 0.2) is 58.2 Å². The second kappa shape index (κ2) is 7.48. The summed E-state index contributed by atoms with van der Waals surface area (Å²) < 4.78 is 5.11. The first-order valence-electron chi connectivity index (χ1n) is 7.82. The molecule has 0 spiro atoms. The van der Waals surface area contributed by atoms with Crippen LogP contribution < -0.4 is 5.32 Å². The van der Waals surface area contributed by atoms with E-state index in [0.717, 1.165) is 0 Å². The highest BCUT2D eigenvalue weighted by Crippen LogP contribution is 2.42. The lowest BCUT2D eigenvalue weighted by Crippen LogP contribution is -2.54. The van der Waals surface area contributed by atoms with Gasteiger partial charge in [0.25, 0.3) is 0 Å². The van der Waals surface area contributed by atoms with E-state index in [2.05, 4.69) is 10.4 Å². The fourth-order valence-corrected chi connectivity index (χ4v) is 4.31. The molecule has 1 aromatic carbocycles. The third-order valence-electron chi connectivity index (χ3n) is 3.71. The molecule has 3 rings (SSSR count). The number of hydrazone groups is 1. The Bertz CT molecular complexity index is 809. The maximum Gasteiger partial charge on any atom is 0.347 e. The molecule has 136 valence electrons. The van der Waals surface area contributed by atoms with Crippen LogP contribution in [-0.2, 0) is 0 Å². The van der Waals surface area contributed by atoms with Crippen molar-refractivity contribution in [1.29, 1.82) is 0 Å². The Labute approximate surface area is 160 Å². The number of hydrogen-bond donors (Lipinski definition) is 2. The smallest absolute Gasteiger partial charge is 0.347 e. The first kappa shape index (κ1) is 18.4. The quantitative estimate of drug-likeness (QED) is 0.356. The number of benzene rings is 1. The molecule has 1 aromatic heterocycles. The molecule has 0 bridgehead atoms. The number of urea groups is 1. The number of hydrogen-bond acceptors (Lipinski definition) is 6. The number of anilines is 1. The van der Waals surface area contributed by atoms with E-state index < -0.39 is 16.9 Å². The highest BCUT2D eigenvalue weighted by atomic mass is 32.2. The van der Waals surface area contributed by atoms with Crippen molar-refractivity contribution in [2.45, 2.75) is 24.8 Å². The Balaban J connectivity index is 1.81. The van der Waals surface area contributed by atoms with Gasteiger partial charge in [-0.15, -0.1) is 0 Å². The number of thioether (sulfide) groups is 1. The van der Waals surface area contributed by atoms with E-state index in [1.54, 1.807) is 36.4 Å². The summed E-state index contributed by atoms with van der Waals surface area (Å²) in [6.07, 6.45) is 2.24. The van der Waals surface area contributed by atoms with Crippen LogP contribution in [0.25, 0.3) is 0 Å². The van der Waals surface area contributed by atoms with Gasteiger partial charge < -0.3 is 9.73 Å². The van der Waals surface area contributed by atoms with Crippen molar-refractivity contribution in [3.8, 4) is 0 Å². The van der Waals surface area contributed by atoms with Crippen molar-refractivity contribution in [2.75, 3.05) is 5.32 Å². The van der Waals surface area contributed by atoms with E-state index >= 15 is 0 Å². The first-order valence-corrected chi connectivity index (χ1v) is 9.05. The molecule has 2 heterocycles. The van der Waals surface area contributed by atoms with E-state index in [1.165, 1.54) is 29.2 Å². The maximum absolute atomic E-state index is 12.5. The van der Waals surface area contributed by atoms with Gasteiger partial charge in [-0.3, -0.25) is 5.21 Å². The van der Waals surface area contributed by atoms with Crippen LogP contribution in [0.1, 0.15) is 19.6 Å². The van der Waals surface area contributed by atoms with Crippen molar-refractivity contribution in [2.24, 2.45) is 5.10 Å². The highest BCUT2D eigenvalue weighted by Gasteiger charge is 2.50. The molecule has 1 fully saturated rings. The average molecular weight is 390 g/mol. The topological polar surface area (TPSA) is 81.3 Å². The summed E-state index contributed by atoms with van der Waals surface area (Å²) in [4.78, 5) is 12.5. The number of nitrogens with zero attached hydrogens (tertiary/aromatic N) is 3. The molecule has 9 heteroatoms. The number of thiocarbonyl (C=S) groups is 1. The third-order valence-corrected chi connectivity index (χ3v) is 5.24. The molecular weight excluding hydrogens is 372 g/mol. The average Bonchev–Trinajstić information content (AvgIpc) is 3.18. The molecule has 1 aliphatic heterocycles. The number of carbonyl (C=O) groups is 1. The molecule has 1 atom stereocenters. The predicted molar refractivity (Wildman–Crippen MR) is 105 cm³/mol. The van der Waals surface area contributed by atoms with Crippen LogP contribution in [-0.4, -0.2) is 42.8 Å². The van der Waals surface area contributed by atoms with Gasteiger partial charge in [0.1, 0.15) is 5.76 Å². The lowest BCUT2D eigenvalue weighted by atomic mass is 10.1. The Hall–Kier alpha value is -2.36. The number of rotatable bonds is 4. The van der Waals surface area contributed by atoms with Crippen LogP contribution in [0.4, 0.5) is 10.5 Å². The Morgan fingerprint density at radius 2 is 2.12 bits per heavy atom. The largest absolute Gasteiger partial charge is 0.463 e. The lowest BCUT2D eigenvalue weighted by molar-refractivity contribution is -0.114. The second-order valence-electron chi connectivity index (χ2n) is 6.09. The van der Waals surface area contributed by atoms with Gasteiger partial charge in [-0.25, -0.2) is 9.80 Å². The van der Waals surface area contributed by atoms with E-state index in [4.69, 9.17) is 16.6 Å². The Kier molecular flexibility index (Phi) is 5.30. The molecule has 7 nitrogen and oxygen atoms in total. The molecule has 1 aliphatic rings. The van der Waals surface area contributed by atoms with E-state index in [1.807, 2.05) is 19.9 Å². The van der Waals surface area contributed by atoms with Crippen molar-refractivity contribution >= 4 is 46.2 Å². The number of hydroxylamine groups is 2. The predicted octanol–water partition coefficient (Wildman–Crippen LogP) is 3.98. The van der Waals surface area contributed by atoms with E-state index in [0.29, 0.717) is 20.8 Å². The van der Waals surface area contributed by atoms with E-state index in [9.17, 15) is 10.0 Å². The molecule has 2 N–H and O–H groups in total. The summed E-state index contributed by atoms with van der Waals surface area (Å²) in [6, 6.07) is 11.7. The number of furan rings is 1. The molecule has 2 aromatic rings. The zero-order chi connectivity index (χ0) is 18.7. The normalized spacial score (nSPS) is 19.1. The van der Waals surface area contributed by atoms with Crippen LogP contribution in [0.3, 0.4) is 0 Å². The van der Waals surface area contributed by atoms with Gasteiger partial charge in [0, 0.05) is 5.69 Å². The summed E-state index contributed by atoms with van der Waals surface area (Å²) in [5.74, 6) is 0.541. The Morgan fingerprint density at radius 3 is 2.77 bits per heavy atom. The summed E-state index contributed by atoms with van der Waals surface area (Å²) in [6.45, 7) is 3.77. The zero-order valence-corrected chi connectivity index (χ0v) is 15.8. The lowest BCUT2D eigenvalue weighted by Gasteiger charge is -2.34. The molecule has 0 unspecified atom stereocenters. The van der Waals surface area contributed by atoms with Gasteiger partial charge in [0.2, 0.25) is 0 Å². The molecule has 2 amide bonds. The van der Waals surface area contributed by atoms with E-state index in [-0.39, 0.29) is 0 Å². The summed E-state index contributed by atoms with van der Waals surface area (Å²) >= 11 is 6.73. The minimum atomic E-state index is -0.782.